The fourth-order valence-electron chi connectivity index (χ4n) is 2.56. The fraction of sp³-hybridized carbons (Fsp3) is 0.417. The standard InChI is InChI=1S/C12H13ClN2O2S2/c13-9-4-2-1-3-8(9)5-15-10-6-19(16,17)7-11(10)18-12(15)14/h1-4,10-11,14H,5-7H2/t10-,11+/m1/s1. The summed E-state index contributed by atoms with van der Waals surface area (Å²) in [5.74, 6) is 0.335. The van der Waals surface area contributed by atoms with Crippen molar-refractivity contribution in [1.29, 1.82) is 5.41 Å². The Kier molecular flexibility index (Phi) is 3.27. The number of sulfone groups is 1. The Morgan fingerprint density at radius 2 is 2.11 bits per heavy atom. The van der Waals surface area contributed by atoms with Gasteiger partial charge in [-0.2, -0.15) is 0 Å². The minimum absolute atomic E-state index is 0.0000113. The van der Waals surface area contributed by atoms with E-state index in [1.807, 2.05) is 29.2 Å². The second-order valence-corrected chi connectivity index (χ2v) is 8.61. The highest BCUT2D eigenvalue weighted by atomic mass is 35.5. The molecule has 1 aromatic rings. The van der Waals surface area contributed by atoms with Crippen LogP contribution in [-0.4, -0.2) is 41.3 Å². The molecular formula is C12H13ClN2O2S2. The van der Waals surface area contributed by atoms with Crippen molar-refractivity contribution < 1.29 is 8.42 Å². The molecule has 1 N–H and O–H groups in total. The van der Waals surface area contributed by atoms with Crippen LogP contribution in [0.15, 0.2) is 24.3 Å². The Bertz CT molecular complexity index is 632. The third kappa shape index (κ3) is 2.49. The summed E-state index contributed by atoms with van der Waals surface area (Å²) in [6, 6.07) is 7.40. The van der Waals surface area contributed by atoms with Gasteiger partial charge in [-0.1, -0.05) is 41.6 Å². The summed E-state index contributed by atoms with van der Waals surface area (Å²) < 4.78 is 23.4. The Hall–Kier alpha value is -0.720. The van der Waals surface area contributed by atoms with Crippen LogP contribution in [0.1, 0.15) is 5.56 Å². The van der Waals surface area contributed by atoms with Gasteiger partial charge in [-0.15, -0.1) is 0 Å². The summed E-state index contributed by atoms with van der Waals surface area (Å²) in [4.78, 5) is 1.86. The molecule has 7 heteroatoms. The molecule has 2 heterocycles. The Balaban J connectivity index is 1.85. The van der Waals surface area contributed by atoms with E-state index in [0.717, 1.165) is 5.56 Å². The number of thioether (sulfide) groups is 1. The van der Waals surface area contributed by atoms with E-state index in [1.54, 1.807) is 0 Å². The average molecular weight is 317 g/mol. The number of fused-ring (bicyclic) bond motifs is 1. The molecule has 1 aromatic carbocycles. The highest BCUT2D eigenvalue weighted by Crippen LogP contribution is 2.38. The first-order valence-corrected chi connectivity index (χ1v) is 9.00. The van der Waals surface area contributed by atoms with E-state index in [1.165, 1.54) is 11.8 Å². The topological polar surface area (TPSA) is 61.2 Å². The van der Waals surface area contributed by atoms with Crippen LogP contribution in [0, 0.1) is 5.41 Å². The van der Waals surface area contributed by atoms with Gasteiger partial charge in [0.1, 0.15) is 0 Å². The Morgan fingerprint density at radius 1 is 1.37 bits per heavy atom. The molecule has 2 aliphatic rings. The van der Waals surface area contributed by atoms with Crippen LogP contribution in [0.2, 0.25) is 5.02 Å². The maximum atomic E-state index is 11.7. The maximum Gasteiger partial charge on any atom is 0.157 e. The lowest BCUT2D eigenvalue weighted by Crippen LogP contribution is -2.36. The normalized spacial score (nSPS) is 28.7. The van der Waals surface area contributed by atoms with Crippen molar-refractivity contribution in [3.8, 4) is 0 Å². The number of hydrogen-bond donors (Lipinski definition) is 1. The number of halogens is 1. The van der Waals surface area contributed by atoms with Crippen LogP contribution >= 0.6 is 23.4 Å². The highest BCUT2D eigenvalue weighted by molar-refractivity contribution is 8.15. The SMILES string of the molecule is N=C1S[C@H]2CS(=O)(=O)C[C@H]2N1Cc1ccccc1Cl. The minimum atomic E-state index is -2.96. The van der Waals surface area contributed by atoms with Crippen LogP contribution in [-0.2, 0) is 16.4 Å². The summed E-state index contributed by atoms with van der Waals surface area (Å²) >= 11 is 7.49. The van der Waals surface area contributed by atoms with E-state index in [4.69, 9.17) is 17.0 Å². The van der Waals surface area contributed by atoms with Crippen molar-refractivity contribution in [2.45, 2.75) is 17.8 Å². The molecule has 2 aliphatic heterocycles. The van der Waals surface area contributed by atoms with Gasteiger partial charge in [0.2, 0.25) is 0 Å². The number of benzene rings is 1. The molecule has 0 aromatic heterocycles. The molecule has 0 bridgehead atoms. The zero-order valence-corrected chi connectivity index (χ0v) is 12.4. The van der Waals surface area contributed by atoms with Gasteiger partial charge in [-0.25, -0.2) is 8.42 Å². The molecule has 102 valence electrons. The number of nitrogens with zero attached hydrogens (tertiary/aromatic N) is 1. The predicted octanol–water partition coefficient (Wildman–Crippen LogP) is 1.99. The third-order valence-corrected chi connectivity index (χ3v) is 7.03. The van der Waals surface area contributed by atoms with Gasteiger partial charge in [-0.3, -0.25) is 5.41 Å². The summed E-state index contributed by atoms with van der Waals surface area (Å²) in [6.07, 6.45) is 0. The molecule has 3 rings (SSSR count). The lowest BCUT2D eigenvalue weighted by atomic mass is 10.1. The highest BCUT2D eigenvalue weighted by Gasteiger charge is 2.48. The molecule has 0 unspecified atom stereocenters. The van der Waals surface area contributed by atoms with Gasteiger partial charge in [0, 0.05) is 16.8 Å². The number of hydrogen-bond acceptors (Lipinski definition) is 4. The van der Waals surface area contributed by atoms with E-state index in [0.29, 0.717) is 16.7 Å². The largest absolute Gasteiger partial charge is 0.342 e. The van der Waals surface area contributed by atoms with E-state index in [9.17, 15) is 8.42 Å². The number of rotatable bonds is 2. The van der Waals surface area contributed by atoms with Crippen molar-refractivity contribution in [2.24, 2.45) is 0 Å². The number of amidine groups is 1. The van der Waals surface area contributed by atoms with Gasteiger partial charge in [0.25, 0.3) is 0 Å². The average Bonchev–Trinajstić information content (AvgIpc) is 2.75. The maximum absolute atomic E-state index is 11.7. The van der Waals surface area contributed by atoms with Gasteiger partial charge in [0.05, 0.1) is 17.5 Å². The van der Waals surface area contributed by atoms with E-state index >= 15 is 0 Å². The molecule has 0 amide bonds. The summed E-state index contributed by atoms with van der Waals surface area (Å²) in [5, 5.41) is 9.11. The van der Waals surface area contributed by atoms with Crippen LogP contribution < -0.4 is 0 Å². The molecular weight excluding hydrogens is 304 g/mol. The third-order valence-electron chi connectivity index (χ3n) is 3.49. The second-order valence-electron chi connectivity index (χ2n) is 4.83. The minimum Gasteiger partial charge on any atom is -0.342 e. The van der Waals surface area contributed by atoms with Gasteiger partial charge in [0.15, 0.2) is 15.0 Å². The molecule has 0 aliphatic carbocycles. The fourth-order valence-corrected chi connectivity index (χ4v) is 6.59. The first kappa shape index (κ1) is 13.3. The summed E-state index contributed by atoms with van der Waals surface area (Å²) in [7, 11) is -2.96. The summed E-state index contributed by atoms with van der Waals surface area (Å²) in [5.41, 5.74) is 0.930. The van der Waals surface area contributed by atoms with Crippen LogP contribution in [0.5, 0.6) is 0 Å². The Labute approximate surface area is 121 Å². The van der Waals surface area contributed by atoms with Crippen molar-refractivity contribution >= 4 is 38.4 Å². The quantitative estimate of drug-likeness (QED) is 0.906. The van der Waals surface area contributed by atoms with E-state index < -0.39 is 9.84 Å². The van der Waals surface area contributed by atoms with Crippen molar-refractivity contribution in [3.63, 3.8) is 0 Å². The van der Waals surface area contributed by atoms with Gasteiger partial charge < -0.3 is 4.90 Å². The molecule has 0 radical (unpaired) electrons. The molecule has 0 saturated carbocycles. The summed E-state index contributed by atoms with van der Waals surface area (Å²) in [6.45, 7) is 0.502. The van der Waals surface area contributed by atoms with E-state index in [2.05, 4.69) is 0 Å². The molecule has 0 spiro atoms. The van der Waals surface area contributed by atoms with Crippen LogP contribution in [0.4, 0.5) is 0 Å². The van der Waals surface area contributed by atoms with E-state index in [-0.39, 0.29) is 22.8 Å². The Morgan fingerprint density at radius 3 is 2.84 bits per heavy atom. The zero-order valence-electron chi connectivity index (χ0n) is 10.0. The lowest BCUT2D eigenvalue weighted by Gasteiger charge is -2.24. The molecule has 4 nitrogen and oxygen atoms in total. The predicted molar refractivity (Wildman–Crippen MR) is 78.5 cm³/mol. The molecule has 2 atom stereocenters. The first-order valence-electron chi connectivity index (χ1n) is 5.92. The monoisotopic (exact) mass is 316 g/mol. The smallest absolute Gasteiger partial charge is 0.157 e. The zero-order chi connectivity index (χ0) is 13.6. The molecule has 2 fully saturated rings. The van der Waals surface area contributed by atoms with Crippen molar-refractivity contribution in [1.82, 2.24) is 4.90 Å². The first-order chi connectivity index (χ1) is 8.96. The van der Waals surface area contributed by atoms with Gasteiger partial charge >= 0.3 is 0 Å². The second kappa shape index (κ2) is 4.68. The molecule has 2 saturated heterocycles. The number of nitrogens with one attached hydrogen (secondary N) is 1. The van der Waals surface area contributed by atoms with Crippen molar-refractivity contribution in [2.75, 3.05) is 11.5 Å². The molecule has 19 heavy (non-hydrogen) atoms. The van der Waals surface area contributed by atoms with Crippen molar-refractivity contribution in [3.05, 3.63) is 34.9 Å². The lowest BCUT2D eigenvalue weighted by molar-refractivity contribution is 0.349. The van der Waals surface area contributed by atoms with Gasteiger partial charge in [-0.05, 0) is 11.6 Å². The van der Waals surface area contributed by atoms with Crippen LogP contribution in [0.25, 0.3) is 0 Å². The van der Waals surface area contributed by atoms with Crippen LogP contribution in [0.3, 0.4) is 0 Å².